The number of nitrogens with one attached hydrogen (secondary N) is 1. The number of carbonyl (C=O) groups is 1. The van der Waals surface area contributed by atoms with E-state index in [4.69, 9.17) is 0 Å². The molecule has 24 heavy (non-hydrogen) atoms. The molecule has 0 aliphatic carbocycles. The van der Waals surface area contributed by atoms with Crippen LogP contribution < -0.4 is 5.32 Å². The van der Waals surface area contributed by atoms with Gasteiger partial charge in [0.25, 0.3) is 0 Å². The molecule has 1 atom stereocenters. The lowest BCUT2D eigenvalue weighted by Gasteiger charge is -2.16. The van der Waals surface area contributed by atoms with Crippen LogP contribution in [-0.2, 0) is 11.2 Å². The van der Waals surface area contributed by atoms with Gasteiger partial charge in [-0.25, -0.2) is 4.68 Å². The highest BCUT2D eigenvalue weighted by molar-refractivity contribution is 5.78. The van der Waals surface area contributed by atoms with E-state index in [1.807, 2.05) is 61.7 Å². The van der Waals surface area contributed by atoms with Gasteiger partial charge >= 0.3 is 0 Å². The summed E-state index contributed by atoms with van der Waals surface area (Å²) in [5.74, 6) is -0.00151. The number of aryl methyl sites for hydroxylation is 1. The van der Waals surface area contributed by atoms with E-state index in [1.165, 1.54) is 5.56 Å². The molecule has 4 heteroatoms. The summed E-state index contributed by atoms with van der Waals surface area (Å²) in [6.45, 7) is 4.06. The van der Waals surface area contributed by atoms with E-state index < -0.39 is 0 Å². The van der Waals surface area contributed by atoms with Gasteiger partial charge in [-0.1, -0.05) is 42.5 Å². The van der Waals surface area contributed by atoms with Crippen LogP contribution in [0.1, 0.15) is 29.7 Å². The summed E-state index contributed by atoms with van der Waals surface area (Å²) < 4.78 is 1.79. The van der Waals surface area contributed by atoms with Gasteiger partial charge in [0, 0.05) is 6.20 Å². The molecule has 4 nitrogen and oxygen atoms in total. The molecule has 0 fully saturated rings. The molecule has 0 radical (unpaired) electrons. The number of amides is 1. The molecule has 1 unspecified atom stereocenters. The van der Waals surface area contributed by atoms with E-state index in [1.54, 1.807) is 10.9 Å². The predicted molar refractivity (Wildman–Crippen MR) is 95.0 cm³/mol. The highest BCUT2D eigenvalue weighted by Gasteiger charge is 2.12. The Morgan fingerprint density at radius 1 is 1.12 bits per heavy atom. The molecule has 1 aromatic heterocycles. The Kier molecular flexibility index (Phi) is 4.75. The van der Waals surface area contributed by atoms with E-state index in [0.717, 1.165) is 16.8 Å². The second-order valence-corrected chi connectivity index (χ2v) is 5.95. The van der Waals surface area contributed by atoms with Crippen molar-refractivity contribution in [2.45, 2.75) is 26.3 Å². The lowest BCUT2D eigenvalue weighted by Crippen LogP contribution is -2.28. The van der Waals surface area contributed by atoms with Gasteiger partial charge in [-0.3, -0.25) is 4.79 Å². The lowest BCUT2D eigenvalue weighted by molar-refractivity contribution is -0.121. The highest BCUT2D eigenvalue weighted by Crippen LogP contribution is 2.17. The van der Waals surface area contributed by atoms with E-state index >= 15 is 0 Å². The number of aromatic nitrogens is 2. The van der Waals surface area contributed by atoms with Crippen LogP contribution in [0.2, 0.25) is 0 Å². The van der Waals surface area contributed by atoms with E-state index in [-0.39, 0.29) is 11.9 Å². The number of hydrogen-bond acceptors (Lipinski definition) is 2. The summed E-state index contributed by atoms with van der Waals surface area (Å²) in [6.07, 6.45) is 3.96. The molecule has 1 heterocycles. The van der Waals surface area contributed by atoms with Gasteiger partial charge in [-0.15, -0.1) is 0 Å². The van der Waals surface area contributed by atoms with Gasteiger partial charge in [0.05, 0.1) is 24.3 Å². The first-order valence-electron chi connectivity index (χ1n) is 8.07. The van der Waals surface area contributed by atoms with Crippen molar-refractivity contribution in [2.75, 3.05) is 0 Å². The first-order chi connectivity index (χ1) is 11.6. The van der Waals surface area contributed by atoms with Crippen molar-refractivity contribution in [1.82, 2.24) is 15.1 Å². The Morgan fingerprint density at radius 3 is 2.58 bits per heavy atom. The summed E-state index contributed by atoms with van der Waals surface area (Å²) in [4.78, 5) is 12.3. The van der Waals surface area contributed by atoms with Crippen molar-refractivity contribution in [3.05, 3.63) is 83.7 Å². The van der Waals surface area contributed by atoms with Crippen LogP contribution in [0.5, 0.6) is 0 Å². The van der Waals surface area contributed by atoms with Crippen molar-refractivity contribution >= 4 is 5.91 Å². The highest BCUT2D eigenvalue weighted by atomic mass is 16.1. The molecular formula is C20H21N3O. The Morgan fingerprint density at radius 2 is 1.83 bits per heavy atom. The molecule has 2 aromatic carbocycles. The molecule has 0 bridgehead atoms. The van der Waals surface area contributed by atoms with Crippen LogP contribution in [0, 0.1) is 6.92 Å². The van der Waals surface area contributed by atoms with Gasteiger partial charge in [-0.05, 0) is 42.7 Å². The minimum Gasteiger partial charge on any atom is -0.349 e. The first kappa shape index (κ1) is 16.0. The Hall–Kier alpha value is -2.88. The van der Waals surface area contributed by atoms with Crippen LogP contribution in [0.25, 0.3) is 5.69 Å². The Balaban J connectivity index is 1.63. The number of rotatable bonds is 5. The van der Waals surface area contributed by atoms with Crippen molar-refractivity contribution in [1.29, 1.82) is 0 Å². The van der Waals surface area contributed by atoms with E-state index in [2.05, 4.69) is 23.4 Å². The molecule has 3 rings (SSSR count). The predicted octanol–water partition coefficient (Wildman–Crippen LogP) is 3.60. The molecule has 0 spiro atoms. The van der Waals surface area contributed by atoms with Crippen LogP contribution in [-0.4, -0.2) is 15.7 Å². The third-order valence-corrected chi connectivity index (χ3v) is 4.05. The minimum atomic E-state index is -0.0112. The number of benzene rings is 2. The molecule has 0 aliphatic rings. The smallest absolute Gasteiger partial charge is 0.225 e. The summed E-state index contributed by atoms with van der Waals surface area (Å²) >= 11 is 0. The second-order valence-electron chi connectivity index (χ2n) is 5.95. The van der Waals surface area contributed by atoms with Crippen LogP contribution in [0.15, 0.2) is 67.0 Å². The van der Waals surface area contributed by atoms with Crippen molar-refractivity contribution in [2.24, 2.45) is 0 Å². The van der Waals surface area contributed by atoms with Crippen molar-refractivity contribution in [3.8, 4) is 5.69 Å². The number of carbonyl (C=O) groups excluding carboxylic acids is 1. The lowest BCUT2D eigenvalue weighted by atomic mass is 10.0. The average molecular weight is 319 g/mol. The molecule has 3 aromatic rings. The molecule has 0 aliphatic heterocycles. The van der Waals surface area contributed by atoms with Crippen LogP contribution in [0.3, 0.4) is 0 Å². The Bertz CT molecular complexity index is 824. The van der Waals surface area contributed by atoms with Crippen LogP contribution >= 0.6 is 0 Å². The largest absolute Gasteiger partial charge is 0.349 e. The summed E-state index contributed by atoms with van der Waals surface area (Å²) in [5.41, 5.74) is 4.21. The van der Waals surface area contributed by atoms with E-state index in [9.17, 15) is 4.79 Å². The van der Waals surface area contributed by atoms with Gasteiger partial charge < -0.3 is 5.32 Å². The number of hydrogen-bond donors (Lipinski definition) is 1. The molecule has 1 N–H and O–H groups in total. The van der Waals surface area contributed by atoms with Gasteiger partial charge in [0.15, 0.2) is 0 Å². The Labute approximate surface area is 142 Å². The maximum Gasteiger partial charge on any atom is 0.225 e. The maximum atomic E-state index is 12.3. The average Bonchev–Trinajstić information content (AvgIpc) is 3.04. The normalized spacial score (nSPS) is 11.9. The fourth-order valence-electron chi connectivity index (χ4n) is 2.80. The number of para-hydroxylation sites is 1. The number of nitrogens with zero attached hydrogens (tertiary/aromatic N) is 2. The van der Waals surface area contributed by atoms with Gasteiger partial charge in [-0.2, -0.15) is 5.10 Å². The van der Waals surface area contributed by atoms with Crippen molar-refractivity contribution < 1.29 is 4.79 Å². The molecule has 0 saturated heterocycles. The fourth-order valence-corrected chi connectivity index (χ4v) is 2.80. The SMILES string of the molecule is Cc1ccccc1C(C)NC(=O)Cc1cnn(-c2ccccc2)c1. The van der Waals surface area contributed by atoms with Gasteiger partial charge in [0.2, 0.25) is 5.91 Å². The van der Waals surface area contributed by atoms with Crippen molar-refractivity contribution in [3.63, 3.8) is 0 Å². The molecule has 122 valence electrons. The topological polar surface area (TPSA) is 46.9 Å². The summed E-state index contributed by atoms with van der Waals surface area (Å²) in [6, 6.07) is 18.0. The zero-order valence-corrected chi connectivity index (χ0v) is 13.9. The second kappa shape index (κ2) is 7.13. The van der Waals surface area contributed by atoms with Gasteiger partial charge in [0.1, 0.15) is 0 Å². The molecule has 0 saturated carbocycles. The van der Waals surface area contributed by atoms with Crippen LogP contribution in [0.4, 0.5) is 0 Å². The minimum absolute atomic E-state index is 0.00151. The molecular weight excluding hydrogens is 298 g/mol. The summed E-state index contributed by atoms with van der Waals surface area (Å²) in [7, 11) is 0. The zero-order valence-electron chi connectivity index (χ0n) is 13.9. The molecule has 1 amide bonds. The third kappa shape index (κ3) is 3.71. The quantitative estimate of drug-likeness (QED) is 0.781. The standard InChI is InChI=1S/C20H21N3O/c1-15-8-6-7-11-19(15)16(2)22-20(24)12-17-13-21-23(14-17)18-9-4-3-5-10-18/h3-11,13-14,16H,12H2,1-2H3,(H,22,24). The monoisotopic (exact) mass is 319 g/mol. The maximum absolute atomic E-state index is 12.3. The fraction of sp³-hybridized carbons (Fsp3) is 0.200. The summed E-state index contributed by atoms with van der Waals surface area (Å²) in [5, 5.41) is 7.39. The zero-order chi connectivity index (χ0) is 16.9. The van der Waals surface area contributed by atoms with E-state index in [0.29, 0.717) is 6.42 Å². The first-order valence-corrected chi connectivity index (χ1v) is 8.07. The third-order valence-electron chi connectivity index (χ3n) is 4.05.